The van der Waals surface area contributed by atoms with E-state index in [1.165, 1.54) is 24.4 Å². The molecule has 2 fully saturated rings. The Balaban J connectivity index is 1.23. The lowest BCUT2D eigenvalue weighted by Gasteiger charge is -2.12. The van der Waals surface area contributed by atoms with Crippen LogP contribution in [0.25, 0.3) is 34.3 Å². The van der Waals surface area contributed by atoms with E-state index in [0.29, 0.717) is 37.4 Å². The summed E-state index contributed by atoms with van der Waals surface area (Å²) in [6.45, 7) is 2.41. The summed E-state index contributed by atoms with van der Waals surface area (Å²) in [6.07, 6.45) is 2.76. The molecule has 2 aliphatic rings. The molecule has 214 valence electrons. The molecule has 2 aromatic heterocycles. The van der Waals surface area contributed by atoms with Crippen molar-refractivity contribution in [2.45, 2.75) is 35.6 Å². The number of benzene rings is 2. The van der Waals surface area contributed by atoms with Crippen LogP contribution in [-0.4, -0.2) is 66.3 Å². The van der Waals surface area contributed by atoms with Gasteiger partial charge in [-0.15, -0.1) is 10.2 Å². The Kier molecular flexibility index (Phi) is 7.70. The molecule has 0 aliphatic carbocycles. The van der Waals surface area contributed by atoms with E-state index in [1.807, 2.05) is 0 Å². The van der Waals surface area contributed by atoms with Gasteiger partial charge in [0.05, 0.1) is 45.8 Å². The molecule has 0 amide bonds. The van der Waals surface area contributed by atoms with Crippen LogP contribution in [-0.2, 0) is 25.9 Å². The fourth-order valence-corrected chi connectivity index (χ4v) is 6.88. The highest BCUT2D eigenvalue weighted by molar-refractivity contribution is 7.92. The quantitative estimate of drug-likeness (QED) is 0.304. The summed E-state index contributed by atoms with van der Waals surface area (Å²) in [6, 6.07) is 9.57. The molecule has 4 heterocycles. The second-order valence-corrected chi connectivity index (χ2v) is 12.4. The summed E-state index contributed by atoms with van der Waals surface area (Å²) >= 11 is 6.40. The number of hydrogen-bond donors (Lipinski definition) is 2. The fraction of sp³-hybridized carbons (Fsp3) is 0.333. The van der Waals surface area contributed by atoms with Crippen LogP contribution >= 0.6 is 11.6 Å². The van der Waals surface area contributed by atoms with Crippen molar-refractivity contribution >= 4 is 27.3 Å². The Hall–Kier alpha value is -3.49. The Morgan fingerprint density at radius 3 is 2.59 bits per heavy atom. The fourth-order valence-electron chi connectivity index (χ4n) is 4.75. The van der Waals surface area contributed by atoms with Gasteiger partial charge in [-0.2, -0.15) is 0 Å². The molecule has 2 saturated heterocycles. The molecule has 2 aromatic carbocycles. The van der Waals surface area contributed by atoms with Gasteiger partial charge in [-0.3, -0.25) is 0 Å². The van der Waals surface area contributed by atoms with Crippen LogP contribution in [0.5, 0.6) is 0 Å². The highest BCUT2D eigenvalue weighted by atomic mass is 35.5. The van der Waals surface area contributed by atoms with Gasteiger partial charge in [-0.25, -0.2) is 22.8 Å². The number of nitrogens with two attached hydrogens (primary N) is 1. The SMILES string of the molecule is Nc1ncc(-c2ccc(S(=O)(=O)C3CCOC3)c(Cl)c2)nc1-c1nnc(-c2ccc(CN[C@@H]3CCOC3)cc2F)o1. The summed E-state index contributed by atoms with van der Waals surface area (Å²) in [4.78, 5) is 8.71. The first-order valence-corrected chi connectivity index (χ1v) is 14.9. The van der Waals surface area contributed by atoms with Gasteiger partial charge in [0.1, 0.15) is 5.82 Å². The van der Waals surface area contributed by atoms with E-state index in [9.17, 15) is 12.8 Å². The summed E-state index contributed by atoms with van der Waals surface area (Å²) in [7, 11) is -3.65. The Morgan fingerprint density at radius 2 is 1.85 bits per heavy atom. The zero-order chi connectivity index (χ0) is 28.6. The van der Waals surface area contributed by atoms with Gasteiger partial charge in [0.15, 0.2) is 21.3 Å². The van der Waals surface area contributed by atoms with Crippen molar-refractivity contribution in [2.75, 3.05) is 32.2 Å². The minimum atomic E-state index is -3.65. The number of anilines is 1. The van der Waals surface area contributed by atoms with E-state index in [0.717, 1.165) is 18.6 Å². The van der Waals surface area contributed by atoms with Crippen LogP contribution in [0.3, 0.4) is 0 Å². The number of nitrogen functional groups attached to an aromatic ring is 1. The van der Waals surface area contributed by atoms with Crippen molar-refractivity contribution in [1.82, 2.24) is 25.5 Å². The van der Waals surface area contributed by atoms with Gasteiger partial charge in [-0.05, 0) is 42.7 Å². The summed E-state index contributed by atoms with van der Waals surface area (Å²) in [5.74, 6) is -0.580. The third-order valence-electron chi connectivity index (χ3n) is 7.08. The summed E-state index contributed by atoms with van der Waals surface area (Å²) in [5, 5.41) is 10.8. The van der Waals surface area contributed by atoms with Crippen LogP contribution < -0.4 is 11.1 Å². The Bertz CT molecular complexity index is 1690. The number of nitrogens with zero attached hydrogens (tertiary/aromatic N) is 4. The van der Waals surface area contributed by atoms with E-state index in [2.05, 4.69) is 25.5 Å². The van der Waals surface area contributed by atoms with E-state index in [1.54, 1.807) is 18.2 Å². The zero-order valence-electron chi connectivity index (χ0n) is 21.7. The number of hydrogen-bond acceptors (Lipinski definition) is 11. The maximum atomic E-state index is 15.0. The third kappa shape index (κ3) is 5.68. The number of nitrogens with one attached hydrogen (secondary N) is 1. The molecule has 14 heteroatoms. The van der Waals surface area contributed by atoms with Crippen molar-refractivity contribution in [3.05, 3.63) is 59.0 Å². The second-order valence-electron chi connectivity index (χ2n) is 9.83. The number of sulfone groups is 1. The standard InChI is InChI=1S/C27H26ClFN6O5S/c28-20-10-16(2-4-23(20)41(36,37)18-6-8-39-14-18)22-12-32-25(30)24(33-22)27-35-34-26(40-27)19-3-1-15(9-21(19)29)11-31-17-5-7-38-13-17/h1-4,9-10,12,17-18,31H,5-8,11,13-14H2,(H2,30,32)/t17-,18?/m1/s1. The van der Waals surface area contributed by atoms with E-state index in [-0.39, 0.29) is 51.4 Å². The smallest absolute Gasteiger partial charge is 0.270 e. The minimum Gasteiger partial charge on any atom is -0.414 e. The van der Waals surface area contributed by atoms with Gasteiger partial charge in [0.25, 0.3) is 11.8 Å². The van der Waals surface area contributed by atoms with Crippen LogP contribution in [0.15, 0.2) is 51.9 Å². The molecule has 41 heavy (non-hydrogen) atoms. The van der Waals surface area contributed by atoms with Crippen molar-refractivity contribution in [1.29, 1.82) is 0 Å². The van der Waals surface area contributed by atoms with Crippen LogP contribution in [0.4, 0.5) is 10.2 Å². The highest BCUT2D eigenvalue weighted by Crippen LogP contribution is 2.33. The predicted octanol–water partition coefficient (Wildman–Crippen LogP) is 3.68. The van der Waals surface area contributed by atoms with Crippen molar-refractivity contribution < 1.29 is 26.7 Å². The molecule has 6 rings (SSSR count). The Morgan fingerprint density at radius 1 is 1.05 bits per heavy atom. The molecule has 11 nitrogen and oxygen atoms in total. The summed E-state index contributed by atoms with van der Waals surface area (Å²) < 4.78 is 57.2. The lowest BCUT2D eigenvalue weighted by Crippen LogP contribution is -2.28. The molecule has 0 spiro atoms. The molecule has 2 atom stereocenters. The average Bonchev–Trinajstić information content (AvgIpc) is 3.75. The van der Waals surface area contributed by atoms with Gasteiger partial charge in [0, 0.05) is 31.4 Å². The monoisotopic (exact) mass is 600 g/mol. The predicted molar refractivity (Wildman–Crippen MR) is 148 cm³/mol. The zero-order valence-corrected chi connectivity index (χ0v) is 23.3. The molecular weight excluding hydrogens is 575 g/mol. The molecule has 2 aliphatic heterocycles. The summed E-state index contributed by atoms with van der Waals surface area (Å²) in [5.41, 5.74) is 7.91. The van der Waals surface area contributed by atoms with Crippen molar-refractivity contribution in [2.24, 2.45) is 0 Å². The molecule has 4 aromatic rings. The number of ether oxygens (including phenoxy) is 2. The van der Waals surface area contributed by atoms with Gasteiger partial charge in [0.2, 0.25) is 0 Å². The topological polar surface area (TPSA) is 155 Å². The largest absolute Gasteiger partial charge is 0.414 e. The molecule has 0 radical (unpaired) electrons. The number of rotatable bonds is 8. The lowest BCUT2D eigenvalue weighted by molar-refractivity contribution is 0.190. The maximum absolute atomic E-state index is 15.0. The lowest BCUT2D eigenvalue weighted by atomic mass is 10.1. The average molecular weight is 601 g/mol. The van der Waals surface area contributed by atoms with E-state index >= 15 is 0 Å². The maximum Gasteiger partial charge on any atom is 0.270 e. The normalized spacial score (nSPS) is 19.2. The van der Waals surface area contributed by atoms with E-state index in [4.69, 9.17) is 31.2 Å². The second kappa shape index (κ2) is 11.4. The third-order valence-corrected chi connectivity index (χ3v) is 9.72. The van der Waals surface area contributed by atoms with Crippen LogP contribution in [0, 0.1) is 5.82 Å². The van der Waals surface area contributed by atoms with Crippen molar-refractivity contribution in [3.63, 3.8) is 0 Å². The van der Waals surface area contributed by atoms with Crippen LogP contribution in [0.1, 0.15) is 18.4 Å². The highest BCUT2D eigenvalue weighted by Gasteiger charge is 2.33. The molecule has 0 bridgehead atoms. The van der Waals surface area contributed by atoms with Gasteiger partial charge < -0.3 is 24.9 Å². The van der Waals surface area contributed by atoms with E-state index < -0.39 is 20.9 Å². The first-order chi connectivity index (χ1) is 19.8. The molecule has 1 unspecified atom stereocenters. The molecule has 0 saturated carbocycles. The first-order valence-electron chi connectivity index (χ1n) is 13.0. The number of halogens is 2. The number of aromatic nitrogens is 4. The van der Waals surface area contributed by atoms with Crippen LogP contribution in [0.2, 0.25) is 5.02 Å². The van der Waals surface area contributed by atoms with Gasteiger partial charge >= 0.3 is 0 Å². The first kappa shape index (κ1) is 27.7. The van der Waals surface area contributed by atoms with Crippen molar-refractivity contribution in [3.8, 4) is 34.3 Å². The molecule has 3 N–H and O–H groups in total. The molecular formula is C27H26ClFN6O5S. The minimum absolute atomic E-state index is 0.0215. The Labute approximate surface area is 240 Å². The van der Waals surface area contributed by atoms with Gasteiger partial charge in [-0.1, -0.05) is 23.7 Å².